The molecule has 9 aromatic heterocycles. The van der Waals surface area contributed by atoms with E-state index in [1.54, 1.807) is 178 Å². The normalized spacial score (nSPS) is 12.1. The van der Waals surface area contributed by atoms with Crippen LogP contribution in [-0.4, -0.2) is 105 Å². The summed E-state index contributed by atoms with van der Waals surface area (Å²) in [6, 6.07) is 34.2. The molecule has 0 aliphatic heterocycles. The van der Waals surface area contributed by atoms with Crippen molar-refractivity contribution in [1.29, 1.82) is 0 Å². The van der Waals surface area contributed by atoms with E-state index in [2.05, 4.69) is 45.8 Å². The summed E-state index contributed by atoms with van der Waals surface area (Å²) in [5.41, 5.74) is 2.97. The van der Waals surface area contributed by atoms with Gasteiger partial charge in [-0.1, -0.05) is 46.9 Å². The van der Waals surface area contributed by atoms with Gasteiger partial charge in [0.2, 0.25) is 0 Å². The highest BCUT2D eigenvalue weighted by Crippen LogP contribution is 2.47. The summed E-state index contributed by atoms with van der Waals surface area (Å²) < 4.78 is 174. The van der Waals surface area contributed by atoms with Crippen molar-refractivity contribution in [2.45, 2.75) is 165 Å². The van der Waals surface area contributed by atoms with Crippen LogP contribution in [0.15, 0.2) is 175 Å². The number of aryl methyl sites for hydroxylation is 6. The quantitative estimate of drug-likeness (QED) is 0.0346. The summed E-state index contributed by atoms with van der Waals surface area (Å²) in [7, 11) is 1.52. The number of methoxy groups -OCH3 is 1. The number of hydrogen-bond acceptors (Lipinski definition) is 23. The number of carbonyl (C=O) groups excluding carboxylic acids is 3. The van der Waals surface area contributed by atoms with Crippen LogP contribution in [0.1, 0.15) is 150 Å². The minimum absolute atomic E-state index is 0.00764. The van der Waals surface area contributed by atoms with Gasteiger partial charge in [0, 0.05) is 86.1 Å². The van der Waals surface area contributed by atoms with Gasteiger partial charge in [-0.15, -0.1) is 34.0 Å². The maximum atomic E-state index is 14.0. The fraction of sp³-hybridized carbons (Fsp3) is 0.287. The number of nitrogens with zero attached hydrogens (tertiary/aromatic N) is 9. The standard InChI is InChI=1S/C39H35ClF3N3O6S.C31H26BrClF3N3O4S.C31H27ClF3N3O4S/c1-21-15-28(35-34(44-21)29(20-53-35)37(48)52-38(3,4)5)27-18-25(40)9-12-31(27)50-14-13-46-22(2)45-30-16-24(39(41,42)43)17-32(33(30)36(46)47)51-19-23-7-10-26(49-6)11-8-23;1-15-10-20(27-26(37-15)21(14-44-27)29(41)43-30(3,4)5)19-13-18(33)6-7-24(19)42-9-8-39-16(2)38-23-12-17(31(34,35)36)11-22(32)25(23)28(39)40;1-16-12-22(27-26(36-16)23(15-43-27)29(40)42-30(3,4)5)21-14-19(32)7-9-25(21)41-11-10-38-17(2)37-24-13-18(31(33,34)35)6-8-20(24)28(38)39/h7-12,15-18,20H,13-14,19H2,1-6H3;6-7,10-14H,8-9H2,1-5H3;6-9,12-15H,10-11H2,1-5H3. The molecule has 16 aromatic rings. The minimum atomic E-state index is -4.69. The number of halogens is 13. The van der Waals surface area contributed by atoms with Gasteiger partial charge in [-0.2, -0.15) is 39.5 Å². The summed E-state index contributed by atoms with van der Waals surface area (Å²) in [5.74, 6) is 1.06. The number of carbonyl (C=O) groups is 3. The number of rotatable bonds is 22. The average Bonchev–Trinajstić information content (AvgIpc) is 1.76. The van der Waals surface area contributed by atoms with E-state index < -0.39 is 86.6 Å². The Morgan fingerprint density at radius 1 is 0.379 bits per heavy atom. The van der Waals surface area contributed by atoms with Crippen LogP contribution in [0.25, 0.3) is 96.7 Å². The molecule has 0 bridgehead atoms. The van der Waals surface area contributed by atoms with Gasteiger partial charge in [0.05, 0.1) is 118 Å². The topological polar surface area (TPSA) is 268 Å². The number of pyridine rings is 3. The predicted octanol–water partition coefficient (Wildman–Crippen LogP) is 26.3. The summed E-state index contributed by atoms with van der Waals surface area (Å²) >= 11 is 26.4. The van der Waals surface area contributed by atoms with E-state index in [1.807, 2.05) is 39.0 Å². The number of thiophene rings is 3. The lowest BCUT2D eigenvalue weighted by molar-refractivity contribution is -0.138. The molecule has 23 nitrogen and oxygen atoms in total. The van der Waals surface area contributed by atoms with Gasteiger partial charge >= 0.3 is 36.4 Å². The molecule has 0 saturated heterocycles. The summed E-state index contributed by atoms with van der Waals surface area (Å²) in [5, 5.41) is 6.58. The zero-order chi connectivity index (χ0) is 102. The van der Waals surface area contributed by atoms with E-state index in [1.165, 1.54) is 54.8 Å². The molecule has 0 unspecified atom stereocenters. The lowest BCUT2D eigenvalue weighted by atomic mass is 10.0. The van der Waals surface area contributed by atoms with Crippen molar-refractivity contribution in [3.8, 4) is 62.1 Å². The molecule has 0 N–H and O–H groups in total. The van der Waals surface area contributed by atoms with Crippen molar-refractivity contribution in [2.75, 3.05) is 26.9 Å². The fourth-order valence-corrected chi connectivity index (χ4v) is 19.3. The van der Waals surface area contributed by atoms with Crippen LogP contribution in [0, 0.1) is 41.5 Å². The molecule has 7 aromatic carbocycles. The largest absolute Gasteiger partial charge is 0.497 e. The third kappa shape index (κ3) is 23.7. The number of ether oxygens (including phenoxy) is 8. The third-order valence-electron chi connectivity index (χ3n) is 21.3. The first-order chi connectivity index (χ1) is 65.7. The molecule has 0 atom stereocenters. The zero-order valence-electron chi connectivity index (χ0n) is 77.8. The van der Waals surface area contributed by atoms with E-state index in [9.17, 15) is 68.3 Å². The second-order valence-electron chi connectivity index (χ2n) is 35.3. The summed E-state index contributed by atoms with van der Waals surface area (Å²) in [6.45, 7) is 26.5. The Bertz CT molecular complexity index is 7780. The van der Waals surface area contributed by atoms with Crippen LogP contribution in [0.5, 0.6) is 28.7 Å². The first-order valence-corrected chi connectivity index (χ1v) is 47.6. The number of alkyl halides is 9. The van der Waals surface area contributed by atoms with Crippen molar-refractivity contribution in [1.82, 2.24) is 43.6 Å². The number of esters is 3. The van der Waals surface area contributed by atoms with Crippen LogP contribution in [0.2, 0.25) is 15.1 Å². The molecular formula is C101H88BrCl3F9N9O14S3. The van der Waals surface area contributed by atoms with Crippen LogP contribution in [-0.2, 0) is 59.0 Å². The Hall–Kier alpha value is -12.6. The van der Waals surface area contributed by atoms with Gasteiger partial charge in [-0.3, -0.25) is 43.0 Å². The first kappa shape index (κ1) is 103. The summed E-state index contributed by atoms with van der Waals surface area (Å²) in [4.78, 5) is 106. The molecular weight excluding hydrogens is 2020 g/mol. The fourth-order valence-electron chi connectivity index (χ4n) is 15.2. The Labute approximate surface area is 829 Å². The van der Waals surface area contributed by atoms with E-state index in [0.717, 1.165) is 73.3 Å². The zero-order valence-corrected chi connectivity index (χ0v) is 84.1. The Morgan fingerprint density at radius 2 is 0.721 bits per heavy atom. The van der Waals surface area contributed by atoms with Crippen LogP contribution >= 0.6 is 84.7 Å². The molecule has 0 aliphatic rings. The Kier molecular flexibility index (Phi) is 30.2. The summed E-state index contributed by atoms with van der Waals surface area (Å²) in [6.07, 6.45) is -13.8. The van der Waals surface area contributed by atoms with E-state index in [0.29, 0.717) is 111 Å². The Morgan fingerprint density at radius 3 is 1.09 bits per heavy atom. The third-order valence-corrected chi connectivity index (χ3v) is 25.7. The molecule has 140 heavy (non-hydrogen) atoms. The van der Waals surface area contributed by atoms with Crippen molar-refractivity contribution >= 4 is 166 Å². The van der Waals surface area contributed by atoms with Crippen LogP contribution < -0.4 is 40.4 Å². The number of fused-ring (bicyclic) bond motifs is 6. The van der Waals surface area contributed by atoms with E-state index in [-0.39, 0.29) is 106 Å². The second-order valence-corrected chi connectivity index (χ2v) is 40.1. The monoisotopic (exact) mass is 2100 g/mol. The average molecular weight is 2110 g/mol. The van der Waals surface area contributed by atoms with Crippen molar-refractivity contribution in [3.05, 3.63) is 280 Å². The van der Waals surface area contributed by atoms with Gasteiger partial charge < -0.3 is 37.9 Å². The molecule has 0 saturated carbocycles. The molecule has 0 fully saturated rings. The number of benzene rings is 7. The molecule has 0 aliphatic carbocycles. The van der Waals surface area contributed by atoms with Gasteiger partial charge in [-0.05, 0) is 253 Å². The van der Waals surface area contributed by atoms with Crippen molar-refractivity contribution in [3.63, 3.8) is 0 Å². The van der Waals surface area contributed by atoms with Gasteiger partial charge in [0.25, 0.3) is 16.7 Å². The molecule has 9 heterocycles. The van der Waals surface area contributed by atoms with E-state index in [4.69, 9.17) is 72.7 Å². The molecule has 0 spiro atoms. The smallest absolute Gasteiger partial charge is 0.416 e. The number of hydrogen-bond donors (Lipinski definition) is 0. The predicted molar refractivity (Wildman–Crippen MR) is 529 cm³/mol. The van der Waals surface area contributed by atoms with Gasteiger partial charge in [0.15, 0.2) is 0 Å². The lowest BCUT2D eigenvalue weighted by Gasteiger charge is -2.19. The van der Waals surface area contributed by atoms with Crippen molar-refractivity contribution < 1.29 is 91.8 Å². The second kappa shape index (κ2) is 40.9. The molecule has 39 heteroatoms. The molecule has 0 radical (unpaired) electrons. The van der Waals surface area contributed by atoms with Gasteiger partial charge in [-0.25, -0.2) is 29.3 Å². The highest BCUT2D eigenvalue weighted by molar-refractivity contribution is 9.10. The highest BCUT2D eigenvalue weighted by Gasteiger charge is 2.37. The van der Waals surface area contributed by atoms with E-state index >= 15 is 0 Å². The molecule has 0 amide bonds. The number of aromatic nitrogens is 9. The van der Waals surface area contributed by atoms with Crippen molar-refractivity contribution in [2.24, 2.45) is 0 Å². The Balaban J connectivity index is 0.000000168. The molecule has 16 rings (SSSR count). The highest BCUT2D eigenvalue weighted by atomic mass is 79.9. The molecule has 730 valence electrons. The minimum Gasteiger partial charge on any atom is -0.497 e. The first-order valence-electron chi connectivity index (χ1n) is 43.1. The van der Waals surface area contributed by atoms with Gasteiger partial charge in [0.1, 0.15) is 94.8 Å². The van der Waals surface area contributed by atoms with Crippen LogP contribution in [0.4, 0.5) is 39.5 Å². The van der Waals surface area contributed by atoms with Crippen LogP contribution in [0.3, 0.4) is 0 Å². The lowest BCUT2D eigenvalue weighted by Crippen LogP contribution is -2.27. The maximum Gasteiger partial charge on any atom is 0.416 e. The maximum absolute atomic E-state index is 14.0. The SMILES string of the molecule is COc1ccc(COc2cc(C(F)(F)F)cc3nc(C)n(CCOc4ccc(Cl)cc4-c4cc(C)nc5c(C(=O)OC(C)(C)C)csc45)c(=O)c23)cc1.Cc1cc(-c2cc(Cl)ccc2OCCn2c(C)nc3cc(C(F)(F)F)cc(Br)c3c2=O)c2scc(C(=O)OC(C)(C)C)c2n1.Cc1cc(-c2cc(Cl)ccc2OCCn2c(C)nc3cc(C(F)(F)F)ccc3c2=O)c2scc(C(=O)OC(C)(C)C)c2n1.